The molecule has 422 valence electrons. The number of hydrogen-bond donors (Lipinski definition) is 11. The molecule has 0 saturated heterocycles. The smallest absolute Gasteiger partial charge is 0.243 e. The number of nitrogens with zero attached hydrogens (tertiary/aromatic N) is 3. The number of carbonyl (C=O) groups is 6. The lowest BCUT2D eigenvalue weighted by Gasteiger charge is -2.38. The third-order valence-electron chi connectivity index (χ3n) is 14.7. The zero-order valence-electron chi connectivity index (χ0n) is 45.8. The van der Waals surface area contributed by atoms with Crippen molar-refractivity contribution in [2.24, 2.45) is 27.9 Å². The Hall–Kier alpha value is -8.62. The zero-order valence-corrected chi connectivity index (χ0v) is 45.8. The van der Waals surface area contributed by atoms with Gasteiger partial charge in [-0.15, -0.1) is 0 Å². The van der Waals surface area contributed by atoms with E-state index in [0.29, 0.717) is 52.7 Å². The summed E-state index contributed by atoms with van der Waals surface area (Å²) in [4.78, 5) is 101. The number of H-pyrrole nitrogens is 1. The van der Waals surface area contributed by atoms with Crippen LogP contribution in [-0.2, 0) is 56.2 Å². The third kappa shape index (κ3) is 15.3. The van der Waals surface area contributed by atoms with Crippen LogP contribution in [0, 0.1) is 27.7 Å². The fraction of sp³-hybridized carbons (Fsp3) is 0.367. The summed E-state index contributed by atoms with van der Waals surface area (Å²) in [7, 11) is 0. The molecule has 0 aliphatic carbocycles. The lowest BCUT2D eigenvalue weighted by molar-refractivity contribution is -0.143. The molecule has 6 atom stereocenters. The van der Waals surface area contributed by atoms with Gasteiger partial charge in [0.25, 0.3) is 0 Å². The maximum absolute atomic E-state index is 15.1. The zero-order chi connectivity index (χ0) is 57.6. The van der Waals surface area contributed by atoms with Crippen molar-refractivity contribution < 1.29 is 39.0 Å². The summed E-state index contributed by atoms with van der Waals surface area (Å²) in [6.45, 7) is 7.68. The van der Waals surface area contributed by atoms with Crippen molar-refractivity contribution in [2.75, 3.05) is 13.1 Å². The van der Waals surface area contributed by atoms with E-state index in [2.05, 4.69) is 36.2 Å². The van der Waals surface area contributed by atoms with Gasteiger partial charge in [-0.05, 0) is 159 Å². The number of nitrogens with one attached hydrogen (secondary N) is 5. The molecule has 1 aromatic heterocycles. The topological polar surface area (TPSA) is 339 Å². The second-order valence-corrected chi connectivity index (χ2v) is 20.7. The Kier molecular flexibility index (Phi) is 20.2. The summed E-state index contributed by atoms with van der Waals surface area (Å²) in [5.74, 6) is -3.82. The number of benzene rings is 5. The van der Waals surface area contributed by atoms with E-state index in [-0.39, 0.29) is 81.3 Å². The second kappa shape index (κ2) is 27.3. The highest BCUT2D eigenvalue weighted by Gasteiger charge is 2.39. The summed E-state index contributed by atoms with van der Waals surface area (Å²) in [6.07, 6.45) is 1.60. The minimum absolute atomic E-state index is 0.00291. The molecule has 80 heavy (non-hydrogen) atoms. The van der Waals surface area contributed by atoms with Gasteiger partial charge >= 0.3 is 0 Å². The molecule has 15 N–H and O–H groups in total. The Balaban J connectivity index is 1.19. The average molecular weight is 1090 g/mol. The molecule has 20 nitrogen and oxygen atoms in total. The molecule has 1 aliphatic heterocycles. The lowest BCUT2D eigenvalue weighted by Crippen LogP contribution is -2.61. The number of para-hydroxylation sites is 2. The van der Waals surface area contributed by atoms with E-state index in [1.54, 1.807) is 80.6 Å². The Morgan fingerprint density at radius 2 is 1.20 bits per heavy atom. The predicted molar refractivity (Wildman–Crippen MR) is 306 cm³/mol. The van der Waals surface area contributed by atoms with Crippen molar-refractivity contribution in [2.45, 2.75) is 128 Å². The highest BCUT2D eigenvalue weighted by Crippen LogP contribution is 2.28. The van der Waals surface area contributed by atoms with E-state index in [1.165, 1.54) is 4.90 Å². The van der Waals surface area contributed by atoms with Crippen LogP contribution in [0.2, 0.25) is 0 Å². The number of unbranched alkanes of at least 4 members (excludes halogenated alkanes) is 1. The number of carbonyl (C=O) groups excluding carboxylic acids is 6. The Labute approximate surface area is 465 Å². The van der Waals surface area contributed by atoms with Crippen molar-refractivity contribution in [1.82, 2.24) is 36.1 Å². The highest BCUT2D eigenvalue weighted by atomic mass is 16.3. The Morgan fingerprint density at radius 3 is 1.82 bits per heavy atom. The van der Waals surface area contributed by atoms with Crippen LogP contribution in [0.15, 0.2) is 108 Å². The standard InChI is InChI=1S/C60H74N12O8/c1-34-25-41(73)26-35(2)43(34)31-45(62)59(80)72-33-40-18-9-8-17-39(40)30-52(72)58(79)71-51(32-44-36(3)27-42(74)28-37(44)4)57(78)69-49(22-14-24-65-60(63)64)55(76)70-50(29-38-15-6-5-7-16-38)56(77)68-48(21-12-13-23-61)53(75)54-66-46-19-10-11-20-47(46)67-54/h5-11,15-20,25-28,45,48-52,73-74H,12-14,21-24,29-33,61-62H2,1-4H3,(H,66,67)(H,68,77)(H,69,78)(H,70,76)(H,71,79)(H4,63,64,65)/t45-,48-,49+,50-,51-,52-/m0/s1. The summed E-state index contributed by atoms with van der Waals surface area (Å²) in [5.41, 5.74) is 31.6. The second-order valence-electron chi connectivity index (χ2n) is 20.7. The van der Waals surface area contributed by atoms with Crippen molar-refractivity contribution in [3.05, 3.63) is 159 Å². The first-order valence-corrected chi connectivity index (χ1v) is 27.0. The molecule has 7 rings (SSSR count). The minimum atomic E-state index is -1.37. The number of phenols is 2. The number of phenolic OH excluding ortho intramolecular Hbond substituents is 2. The van der Waals surface area contributed by atoms with Crippen molar-refractivity contribution in [3.63, 3.8) is 0 Å². The number of ketones is 1. The van der Waals surface area contributed by atoms with Crippen LogP contribution in [-0.4, -0.2) is 116 Å². The number of aryl methyl sites for hydroxylation is 4. The summed E-state index contributed by atoms with van der Waals surface area (Å²) in [5, 5.41) is 32.3. The number of fused-ring (bicyclic) bond motifs is 2. The minimum Gasteiger partial charge on any atom is -0.508 e. The normalized spacial score (nSPS) is 14.9. The van der Waals surface area contributed by atoms with Crippen molar-refractivity contribution >= 4 is 52.3 Å². The molecule has 5 amide bonds. The lowest BCUT2D eigenvalue weighted by atomic mass is 9.90. The van der Waals surface area contributed by atoms with Crippen LogP contribution in [0.5, 0.6) is 11.5 Å². The fourth-order valence-electron chi connectivity index (χ4n) is 10.4. The summed E-state index contributed by atoms with van der Waals surface area (Å²) < 4.78 is 0. The number of hydrogen-bond acceptors (Lipinski definition) is 12. The predicted octanol–water partition coefficient (Wildman–Crippen LogP) is 3.52. The number of imidazole rings is 1. The number of aromatic hydroxyl groups is 2. The van der Waals surface area contributed by atoms with E-state index in [0.717, 1.165) is 27.8 Å². The van der Waals surface area contributed by atoms with Gasteiger partial charge in [-0.3, -0.25) is 33.8 Å². The van der Waals surface area contributed by atoms with Gasteiger partial charge < -0.3 is 64.3 Å². The fourth-order valence-corrected chi connectivity index (χ4v) is 10.4. The molecule has 5 aromatic carbocycles. The van der Waals surface area contributed by atoms with Crippen LogP contribution in [0.4, 0.5) is 0 Å². The Bertz CT molecular complexity index is 3150. The third-order valence-corrected chi connectivity index (χ3v) is 14.7. The monoisotopic (exact) mass is 1090 g/mol. The molecular weight excluding hydrogens is 1020 g/mol. The van der Waals surface area contributed by atoms with Crippen LogP contribution in [0.25, 0.3) is 11.0 Å². The molecule has 0 unspecified atom stereocenters. The number of aromatic nitrogens is 2. The molecule has 0 bridgehead atoms. The van der Waals surface area contributed by atoms with E-state index in [1.807, 2.05) is 50.2 Å². The van der Waals surface area contributed by atoms with E-state index in [9.17, 15) is 29.4 Å². The number of Topliss-reactive ketones (excluding diaryl/α,β-unsaturated/α-hetero) is 1. The first kappa shape index (κ1) is 59.0. The molecule has 2 heterocycles. The number of guanidine groups is 1. The summed E-state index contributed by atoms with van der Waals surface area (Å²) in [6, 6.07) is 22.7. The average Bonchev–Trinajstić information content (AvgIpc) is 3.92. The van der Waals surface area contributed by atoms with E-state index < -0.39 is 71.6 Å². The van der Waals surface area contributed by atoms with Gasteiger partial charge in [-0.1, -0.05) is 66.7 Å². The molecule has 1 aliphatic rings. The maximum atomic E-state index is 15.1. The molecule has 0 radical (unpaired) electrons. The van der Waals surface area contributed by atoms with Crippen molar-refractivity contribution in [3.8, 4) is 11.5 Å². The number of nitrogens with two attached hydrogens (primary N) is 4. The Morgan fingerprint density at radius 1 is 0.662 bits per heavy atom. The molecule has 6 aromatic rings. The van der Waals surface area contributed by atoms with E-state index in [4.69, 9.17) is 22.9 Å². The molecule has 20 heteroatoms. The van der Waals surface area contributed by atoms with Crippen LogP contribution in [0.1, 0.15) is 92.8 Å². The molecular formula is C60H74N12O8. The van der Waals surface area contributed by atoms with Gasteiger partial charge in [0.05, 0.1) is 23.1 Å². The number of amides is 5. The molecule has 0 spiro atoms. The highest BCUT2D eigenvalue weighted by molar-refractivity contribution is 6.02. The van der Waals surface area contributed by atoms with Crippen molar-refractivity contribution in [1.29, 1.82) is 0 Å². The number of rotatable bonds is 25. The van der Waals surface area contributed by atoms with Crippen LogP contribution >= 0.6 is 0 Å². The maximum Gasteiger partial charge on any atom is 0.243 e. The van der Waals surface area contributed by atoms with Crippen LogP contribution in [0.3, 0.4) is 0 Å². The van der Waals surface area contributed by atoms with Gasteiger partial charge in [0, 0.05) is 32.4 Å². The summed E-state index contributed by atoms with van der Waals surface area (Å²) >= 11 is 0. The van der Waals surface area contributed by atoms with Gasteiger partial charge in [0.2, 0.25) is 35.3 Å². The largest absolute Gasteiger partial charge is 0.508 e. The number of aliphatic imine (C=N–C) groups is 1. The van der Waals surface area contributed by atoms with Crippen LogP contribution < -0.4 is 44.2 Å². The quantitative estimate of drug-likeness (QED) is 0.0169. The first-order valence-electron chi connectivity index (χ1n) is 27.0. The SMILES string of the molecule is Cc1cc(O)cc(C)c1C[C@H](NC(=O)[C@@H]1Cc2ccccc2CN1C(=O)[C@@H](N)Cc1c(C)cc(O)cc1C)C(=O)N[C@H](CCCN=C(N)N)C(=O)N[C@@H](Cc1ccccc1)C(=O)N[C@@H](CCCCN)C(=O)c1nc2ccccc2[nH]1. The van der Waals surface area contributed by atoms with Gasteiger partial charge in [-0.25, -0.2) is 4.98 Å². The van der Waals surface area contributed by atoms with E-state index >= 15 is 9.59 Å². The number of aromatic amines is 1. The molecule has 0 fully saturated rings. The molecule has 0 saturated carbocycles. The van der Waals surface area contributed by atoms with Gasteiger partial charge in [-0.2, -0.15) is 0 Å². The van der Waals surface area contributed by atoms with Gasteiger partial charge in [0.1, 0.15) is 35.7 Å². The first-order chi connectivity index (χ1) is 38.3. The van der Waals surface area contributed by atoms with Gasteiger partial charge in [0.15, 0.2) is 11.8 Å².